The van der Waals surface area contributed by atoms with E-state index < -0.39 is 11.5 Å². The maximum Gasteiger partial charge on any atom is 0.334 e. The van der Waals surface area contributed by atoms with E-state index in [9.17, 15) is 9.59 Å². The van der Waals surface area contributed by atoms with Crippen LogP contribution in [0, 0.1) is 5.92 Å². The molecule has 0 spiro atoms. The molecule has 60 valence electrons. The van der Waals surface area contributed by atoms with E-state index in [4.69, 9.17) is 0 Å². The van der Waals surface area contributed by atoms with Crippen LogP contribution in [-0.2, 0) is 14.3 Å². The predicted molar refractivity (Wildman–Crippen MR) is 36.6 cm³/mol. The highest BCUT2D eigenvalue weighted by atomic mass is 16.5. The number of rotatable bonds is 2. The molecule has 0 aliphatic heterocycles. The van der Waals surface area contributed by atoms with Crippen molar-refractivity contribution in [3.05, 3.63) is 0 Å². The van der Waals surface area contributed by atoms with Crippen LogP contribution in [-0.4, -0.2) is 24.7 Å². The molecule has 1 fully saturated rings. The van der Waals surface area contributed by atoms with E-state index >= 15 is 0 Å². The van der Waals surface area contributed by atoms with Crippen LogP contribution in [0.15, 0.2) is 4.99 Å². The second kappa shape index (κ2) is 2.47. The number of aliphatic imine (C=N–C) groups is 1. The van der Waals surface area contributed by atoms with Gasteiger partial charge in [-0.05, 0) is 12.3 Å². The first kappa shape index (κ1) is 7.95. The lowest BCUT2D eigenvalue weighted by Crippen LogP contribution is -2.23. The summed E-state index contributed by atoms with van der Waals surface area (Å²) < 4.78 is 4.49. The molecule has 0 radical (unpaired) electrons. The van der Waals surface area contributed by atoms with Crippen molar-refractivity contribution < 1.29 is 14.3 Å². The summed E-state index contributed by atoms with van der Waals surface area (Å²) in [6.07, 6.45) is 1.98. The lowest BCUT2D eigenvalue weighted by molar-refractivity contribution is -0.143. The quantitative estimate of drug-likeness (QED) is 0.327. The highest BCUT2D eigenvalue weighted by Crippen LogP contribution is 2.47. The maximum absolute atomic E-state index is 11.0. The van der Waals surface area contributed by atoms with Gasteiger partial charge < -0.3 is 4.74 Å². The molecule has 0 amide bonds. The highest BCUT2D eigenvalue weighted by Gasteiger charge is 2.59. The maximum atomic E-state index is 11.0. The monoisotopic (exact) mass is 155 g/mol. The fourth-order valence-electron chi connectivity index (χ4n) is 1.15. The number of isocyanates is 1. The Hall–Kier alpha value is -1.15. The highest BCUT2D eigenvalue weighted by molar-refractivity contribution is 5.86. The molecule has 4 nitrogen and oxygen atoms in total. The molecule has 0 aromatic rings. The third kappa shape index (κ3) is 1.05. The summed E-state index contributed by atoms with van der Waals surface area (Å²) in [7, 11) is 1.29. The van der Waals surface area contributed by atoms with Crippen molar-refractivity contribution >= 4 is 12.0 Å². The Morgan fingerprint density at radius 3 is 2.64 bits per heavy atom. The van der Waals surface area contributed by atoms with Crippen LogP contribution >= 0.6 is 0 Å². The Balaban J connectivity index is 2.79. The van der Waals surface area contributed by atoms with Crippen LogP contribution in [0.25, 0.3) is 0 Å². The average molecular weight is 155 g/mol. The molecule has 0 aromatic heterocycles. The molecule has 2 atom stereocenters. The van der Waals surface area contributed by atoms with Gasteiger partial charge in [0.05, 0.1) is 7.11 Å². The molecule has 1 rings (SSSR count). The van der Waals surface area contributed by atoms with Crippen molar-refractivity contribution in [2.24, 2.45) is 10.9 Å². The van der Waals surface area contributed by atoms with Crippen molar-refractivity contribution in [2.45, 2.75) is 18.9 Å². The third-order valence-corrected chi connectivity index (χ3v) is 2.06. The predicted octanol–water partition coefficient (Wildman–Crippen LogP) is 0.274. The smallest absolute Gasteiger partial charge is 0.334 e. The van der Waals surface area contributed by atoms with Gasteiger partial charge >= 0.3 is 5.97 Å². The second-order valence-corrected chi connectivity index (χ2v) is 2.72. The number of hydrogen-bond acceptors (Lipinski definition) is 4. The lowest BCUT2D eigenvalue weighted by Gasteiger charge is -2.04. The molecule has 0 bridgehead atoms. The summed E-state index contributed by atoms with van der Waals surface area (Å²) >= 11 is 0. The molecule has 11 heavy (non-hydrogen) atoms. The zero-order chi connectivity index (χ0) is 8.48. The van der Waals surface area contributed by atoms with Crippen molar-refractivity contribution in [3.8, 4) is 0 Å². The molecule has 4 heteroatoms. The summed E-state index contributed by atoms with van der Waals surface area (Å²) in [4.78, 5) is 24.4. The van der Waals surface area contributed by atoms with E-state index in [1.807, 2.05) is 6.92 Å². The molecule has 0 N–H and O–H groups in total. The molecule has 0 saturated heterocycles. The van der Waals surface area contributed by atoms with Gasteiger partial charge in [0, 0.05) is 0 Å². The average Bonchev–Trinajstić information content (AvgIpc) is 2.62. The number of hydrogen-bond donors (Lipinski definition) is 0. The van der Waals surface area contributed by atoms with Gasteiger partial charge in [0.2, 0.25) is 6.08 Å². The van der Waals surface area contributed by atoms with E-state index in [1.165, 1.54) is 13.2 Å². The molecular weight excluding hydrogens is 146 g/mol. The van der Waals surface area contributed by atoms with Gasteiger partial charge in [-0.15, -0.1) is 0 Å². The third-order valence-electron chi connectivity index (χ3n) is 2.06. The van der Waals surface area contributed by atoms with E-state index in [0.29, 0.717) is 6.42 Å². The first-order valence-corrected chi connectivity index (χ1v) is 3.35. The minimum Gasteiger partial charge on any atom is -0.467 e. The van der Waals surface area contributed by atoms with Crippen LogP contribution in [0.3, 0.4) is 0 Å². The number of ether oxygens (including phenoxy) is 1. The zero-order valence-corrected chi connectivity index (χ0v) is 6.46. The molecule has 1 aliphatic carbocycles. The molecular formula is C7H9NO3. The number of esters is 1. The van der Waals surface area contributed by atoms with Crippen LogP contribution in [0.4, 0.5) is 0 Å². The van der Waals surface area contributed by atoms with Crippen LogP contribution in [0.1, 0.15) is 13.3 Å². The van der Waals surface area contributed by atoms with Gasteiger partial charge in [-0.25, -0.2) is 9.59 Å². The zero-order valence-electron chi connectivity index (χ0n) is 6.46. The lowest BCUT2D eigenvalue weighted by atomic mass is 10.2. The van der Waals surface area contributed by atoms with E-state index in [1.54, 1.807) is 0 Å². The van der Waals surface area contributed by atoms with Gasteiger partial charge in [-0.2, -0.15) is 4.99 Å². The van der Waals surface area contributed by atoms with Crippen molar-refractivity contribution in [1.29, 1.82) is 0 Å². The molecule has 1 aliphatic rings. The van der Waals surface area contributed by atoms with Crippen molar-refractivity contribution in [2.75, 3.05) is 7.11 Å². The van der Waals surface area contributed by atoms with E-state index in [2.05, 4.69) is 9.73 Å². The summed E-state index contributed by atoms with van der Waals surface area (Å²) in [5, 5.41) is 0. The van der Waals surface area contributed by atoms with Crippen LogP contribution < -0.4 is 0 Å². The van der Waals surface area contributed by atoms with E-state index in [-0.39, 0.29) is 5.92 Å². The summed E-state index contributed by atoms with van der Waals surface area (Å²) in [5.74, 6) is -0.329. The minimum atomic E-state index is -0.892. The Morgan fingerprint density at radius 2 is 2.36 bits per heavy atom. The van der Waals surface area contributed by atoms with Crippen LogP contribution in [0.5, 0.6) is 0 Å². The van der Waals surface area contributed by atoms with E-state index in [0.717, 1.165) is 0 Å². The standard InChI is InChI=1S/C7H9NO3/c1-5-3-7(5,8-4-9)6(10)11-2/h5H,3H2,1-2H3/t5-,7-/m1/s1. The topological polar surface area (TPSA) is 55.7 Å². The largest absolute Gasteiger partial charge is 0.467 e. The first-order chi connectivity index (χ1) is 5.17. The number of nitrogens with zero attached hydrogens (tertiary/aromatic N) is 1. The summed E-state index contributed by atoms with van der Waals surface area (Å²) in [5.41, 5.74) is -0.892. The van der Waals surface area contributed by atoms with Gasteiger partial charge in [0.15, 0.2) is 5.54 Å². The Morgan fingerprint density at radius 1 is 1.82 bits per heavy atom. The molecule has 0 heterocycles. The number of methoxy groups -OCH3 is 1. The number of carbonyl (C=O) groups is 1. The van der Waals surface area contributed by atoms with Crippen molar-refractivity contribution in [1.82, 2.24) is 0 Å². The van der Waals surface area contributed by atoms with Gasteiger partial charge in [0.1, 0.15) is 0 Å². The van der Waals surface area contributed by atoms with Gasteiger partial charge in [-0.3, -0.25) is 0 Å². The van der Waals surface area contributed by atoms with Crippen molar-refractivity contribution in [3.63, 3.8) is 0 Å². The SMILES string of the molecule is COC(=O)[C@@]1(N=C=O)C[C@H]1C. The Labute approximate surface area is 64.3 Å². The number of carbonyl (C=O) groups excluding carboxylic acids is 2. The Bertz CT molecular complexity index is 232. The molecule has 0 aromatic carbocycles. The minimum absolute atomic E-state index is 0.108. The summed E-state index contributed by atoms with van der Waals surface area (Å²) in [6.45, 7) is 1.84. The van der Waals surface area contributed by atoms with Gasteiger partial charge in [0.25, 0.3) is 0 Å². The first-order valence-electron chi connectivity index (χ1n) is 3.35. The second-order valence-electron chi connectivity index (χ2n) is 2.72. The van der Waals surface area contributed by atoms with Gasteiger partial charge in [-0.1, -0.05) is 6.92 Å². The molecule has 0 unspecified atom stereocenters. The van der Waals surface area contributed by atoms with Crippen LogP contribution in [0.2, 0.25) is 0 Å². The fourth-order valence-corrected chi connectivity index (χ4v) is 1.15. The summed E-state index contributed by atoms with van der Waals surface area (Å²) in [6, 6.07) is 0. The normalized spacial score (nSPS) is 33.8. The molecule has 1 saturated carbocycles. The fraction of sp³-hybridized carbons (Fsp3) is 0.714. The Kier molecular flexibility index (Phi) is 1.79.